The van der Waals surface area contributed by atoms with E-state index in [4.69, 9.17) is 18.9 Å². The first-order chi connectivity index (χ1) is 24.2. The highest BCUT2D eigenvalue weighted by Crippen LogP contribution is 2.40. The second-order valence-corrected chi connectivity index (χ2v) is 13.2. The van der Waals surface area contributed by atoms with Crippen LogP contribution in [-0.2, 0) is 27.2 Å². The van der Waals surface area contributed by atoms with Crippen LogP contribution in [-0.4, -0.2) is 57.9 Å². The summed E-state index contributed by atoms with van der Waals surface area (Å²) in [5.41, 5.74) is 2.71. The van der Waals surface area contributed by atoms with Crippen molar-refractivity contribution in [2.45, 2.75) is 30.6 Å². The Morgan fingerprint density at radius 3 is 2.24 bits per heavy atom. The molecule has 0 aliphatic heterocycles. The predicted molar refractivity (Wildman–Crippen MR) is 195 cm³/mol. The fourth-order valence-corrected chi connectivity index (χ4v) is 7.49. The topological polar surface area (TPSA) is 141 Å². The summed E-state index contributed by atoms with van der Waals surface area (Å²) in [7, 11) is 5.80. The van der Waals surface area contributed by atoms with Crippen LogP contribution in [0.3, 0.4) is 0 Å². The molecule has 13 heteroatoms. The smallest absolute Gasteiger partial charge is 0.341 e. The normalized spacial score (nSPS) is 12.3. The first-order valence-corrected chi connectivity index (χ1v) is 17.5. The number of hydrogen-bond acceptors (Lipinski definition) is 10. The van der Waals surface area contributed by atoms with E-state index in [0.717, 1.165) is 41.0 Å². The van der Waals surface area contributed by atoms with Crippen LogP contribution in [0.4, 0.5) is 10.7 Å². The number of anilines is 2. The van der Waals surface area contributed by atoms with Gasteiger partial charge in [0.15, 0.2) is 11.5 Å². The van der Waals surface area contributed by atoms with E-state index in [1.807, 2.05) is 6.07 Å². The maximum Gasteiger partial charge on any atom is 0.341 e. The molecular formula is C37H37N3O8S2. The lowest BCUT2D eigenvalue weighted by Crippen LogP contribution is -2.30. The second-order valence-electron chi connectivity index (χ2n) is 11.1. The van der Waals surface area contributed by atoms with Gasteiger partial charge in [-0.2, -0.15) is 0 Å². The average Bonchev–Trinajstić information content (AvgIpc) is 3.50. The molecular weight excluding hydrogens is 679 g/mol. The summed E-state index contributed by atoms with van der Waals surface area (Å²) in [4.78, 5) is 54.3. The van der Waals surface area contributed by atoms with Crippen LogP contribution >= 0.6 is 23.1 Å². The zero-order valence-corrected chi connectivity index (χ0v) is 29.7. The minimum absolute atomic E-state index is 0.0365. The molecule has 1 aliphatic rings. The van der Waals surface area contributed by atoms with Gasteiger partial charge in [-0.05, 0) is 85.4 Å². The lowest BCUT2D eigenvalue weighted by molar-refractivity contribution is -0.114. The summed E-state index contributed by atoms with van der Waals surface area (Å²) in [5.74, 6) is -0.575. The van der Waals surface area contributed by atoms with E-state index in [9.17, 15) is 19.2 Å². The molecule has 1 aromatic heterocycles. The van der Waals surface area contributed by atoms with Crippen LogP contribution in [0.5, 0.6) is 17.2 Å². The van der Waals surface area contributed by atoms with E-state index in [1.165, 1.54) is 57.6 Å². The van der Waals surface area contributed by atoms with Crippen molar-refractivity contribution in [3.8, 4) is 17.2 Å². The van der Waals surface area contributed by atoms with Gasteiger partial charge in [-0.25, -0.2) is 4.79 Å². The van der Waals surface area contributed by atoms with Gasteiger partial charge in [0.1, 0.15) is 10.7 Å². The second kappa shape index (κ2) is 16.9. The van der Waals surface area contributed by atoms with Gasteiger partial charge in [0.2, 0.25) is 11.7 Å². The quantitative estimate of drug-likeness (QED) is 0.0796. The van der Waals surface area contributed by atoms with Gasteiger partial charge in [0.25, 0.3) is 11.8 Å². The Balaban J connectivity index is 1.32. The van der Waals surface area contributed by atoms with Gasteiger partial charge in [-0.15, -0.1) is 23.1 Å². The van der Waals surface area contributed by atoms with E-state index >= 15 is 0 Å². The van der Waals surface area contributed by atoms with Crippen molar-refractivity contribution in [2.24, 2.45) is 0 Å². The zero-order chi connectivity index (χ0) is 35.6. The number of rotatable bonds is 13. The Labute approximate surface area is 298 Å². The first-order valence-electron chi connectivity index (χ1n) is 15.7. The molecule has 0 spiro atoms. The van der Waals surface area contributed by atoms with Crippen molar-refractivity contribution in [1.29, 1.82) is 0 Å². The number of thioether (sulfide) groups is 1. The van der Waals surface area contributed by atoms with Gasteiger partial charge in [-0.3, -0.25) is 14.4 Å². The monoisotopic (exact) mass is 715 g/mol. The number of benzene rings is 3. The van der Waals surface area contributed by atoms with Crippen LogP contribution in [0.1, 0.15) is 49.6 Å². The summed E-state index contributed by atoms with van der Waals surface area (Å²) in [5, 5.41) is 8.99. The van der Waals surface area contributed by atoms with E-state index in [0.29, 0.717) is 44.6 Å². The van der Waals surface area contributed by atoms with E-state index in [2.05, 4.69) is 16.0 Å². The molecule has 4 aromatic rings. The third-order valence-corrected chi connectivity index (χ3v) is 10.0. The van der Waals surface area contributed by atoms with Gasteiger partial charge in [-0.1, -0.05) is 24.3 Å². The number of aryl methyl sites for hydroxylation is 1. The van der Waals surface area contributed by atoms with Crippen LogP contribution in [0, 0.1) is 0 Å². The number of hydrogen-bond donors (Lipinski definition) is 3. The molecule has 0 radical (unpaired) electrons. The average molecular weight is 716 g/mol. The van der Waals surface area contributed by atoms with Crippen molar-refractivity contribution >= 4 is 63.6 Å². The number of thiophene rings is 1. The van der Waals surface area contributed by atoms with Crippen LogP contribution < -0.4 is 30.2 Å². The molecule has 0 bridgehead atoms. The number of fused-ring (bicyclic) bond motifs is 1. The summed E-state index contributed by atoms with van der Waals surface area (Å²) >= 11 is 2.71. The molecule has 0 atom stereocenters. The Morgan fingerprint density at radius 1 is 0.840 bits per heavy atom. The molecule has 1 heterocycles. The molecule has 50 heavy (non-hydrogen) atoms. The Bertz CT molecular complexity index is 1900. The fraction of sp³-hybridized carbons (Fsp3) is 0.243. The highest BCUT2D eigenvalue weighted by Gasteiger charge is 2.27. The number of methoxy groups -OCH3 is 4. The minimum Gasteiger partial charge on any atom is -0.493 e. The Kier molecular flexibility index (Phi) is 12.2. The molecule has 1 aliphatic carbocycles. The zero-order valence-electron chi connectivity index (χ0n) is 28.0. The minimum atomic E-state index is -0.583. The Hall–Kier alpha value is -5.27. The number of amides is 3. The van der Waals surface area contributed by atoms with Gasteiger partial charge in [0, 0.05) is 21.0 Å². The first kappa shape index (κ1) is 36.0. The molecule has 0 saturated heterocycles. The van der Waals surface area contributed by atoms with Crippen molar-refractivity contribution in [1.82, 2.24) is 5.32 Å². The summed E-state index contributed by atoms with van der Waals surface area (Å²) < 4.78 is 21.4. The van der Waals surface area contributed by atoms with Crippen molar-refractivity contribution in [3.05, 3.63) is 99.6 Å². The van der Waals surface area contributed by atoms with Crippen molar-refractivity contribution in [3.63, 3.8) is 0 Å². The molecule has 0 unspecified atom stereocenters. The highest BCUT2D eigenvalue weighted by atomic mass is 32.2. The fourth-order valence-electron chi connectivity index (χ4n) is 5.44. The van der Waals surface area contributed by atoms with Crippen LogP contribution in [0.2, 0.25) is 0 Å². The standard InChI is InChI=1S/C37H37N3O8S2/c1-45-28-18-22(19-29(46-2)33(28)47-3)17-27(39-34(42)23-11-6-5-7-12-23)35(43)38-24-13-10-14-25(20-24)49-21-31(41)40-36-32(37(44)48-4)26-15-8-9-16-30(26)50-36/h5-7,10-14,17-20H,8-9,15-16,21H2,1-4H3,(H,38,43)(H,39,42)(H,40,41)/b27-17+. The van der Waals surface area contributed by atoms with Crippen molar-refractivity contribution in [2.75, 3.05) is 44.8 Å². The van der Waals surface area contributed by atoms with E-state index in [1.54, 1.807) is 60.7 Å². The molecule has 11 nitrogen and oxygen atoms in total. The number of esters is 1. The van der Waals surface area contributed by atoms with E-state index < -0.39 is 17.8 Å². The number of nitrogens with one attached hydrogen (secondary N) is 3. The summed E-state index contributed by atoms with van der Waals surface area (Å²) in [6.45, 7) is 0. The summed E-state index contributed by atoms with van der Waals surface area (Å²) in [6.07, 6.45) is 5.21. The number of ether oxygens (including phenoxy) is 4. The third-order valence-electron chi connectivity index (χ3n) is 7.80. The van der Waals surface area contributed by atoms with Gasteiger partial charge < -0.3 is 34.9 Å². The highest BCUT2D eigenvalue weighted by molar-refractivity contribution is 8.00. The van der Waals surface area contributed by atoms with Gasteiger partial charge >= 0.3 is 5.97 Å². The number of carbonyl (C=O) groups is 4. The lowest BCUT2D eigenvalue weighted by Gasteiger charge is -2.15. The molecule has 3 N–H and O–H groups in total. The summed E-state index contributed by atoms with van der Waals surface area (Å²) in [6, 6.07) is 18.9. The number of carbonyl (C=O) groups excluding carboxylic acids is 4. The molecule has 0 fully saturated rings. The molecule has 260 valence electrons. The van der Waals surface area contributed by atoms with Crippen molar-refractivity contribution < 1.29 is 38.1 Å². The SMILES string of the molecule is COC(=O)c1c(NC(=O)CSc2cccc(NC(=O)/C(=C\c3cc(OC)c(OC)c(OC)c3)NC(=O)c3ccccc3)c2)sc2c1CCCC2. The van der Waals surface area contributed by atoms with Gasteiger partial charge in [0.05, 0.1) is 39.8 Å². The maximum atomic E-state index is 13.7. The molecule has 0 saturated carbocycles. The Morgan fingerprint density at radius 2 is 1.56 bits per heavy atom. The third kappa shape index (κ3) is 8.65. The largest absolute Gasteiger partial charge is 0.493 e. The lowest BCUT2D eigenvalue weighted by atomic mass is 9.95. The van der Waals surface area contributed by atoms with E-state index in [-0.39, 0.29) is 17.4 Å². The van der Waals surface area contributed by atoms with Crippen LogP contribution in [0.25, 0.3) is 6.08 Å². The van der Waals surface area contributed by atoms with Crippen LogP contribution in [0.15, 0.2) is 77.3 Å². The molecule has 3 amide bonds. The molecule has 3 aromatic carbocycles. The maximum absolute atomic E-state index is 13.7. The predicted octanol–water partition coefficient (Wildman–Crippen LogP) is 6.58. The molecule has 5 rings (SSSR count).